The molecule has 1 aliphatic carbocycles. The third kappa shape index (κ3) is 4.35. The average molecular weight is 353 g/mol. The molecule has 1 fully saturated rings. The van der Waals surface area contributed by atoms with Crippen LogP contribution in [0, 0.1) is 12.8 Å². The molecule has 0 radical (unpaired) electrons. The van der Waals surface area contributed by atoms with Crippen molar-refractivity contribution in [3.05, 3.63) is 53.6 Å². The maximum atomic E-state index is 12.6. The van der Waals surface area contributed by atoms with Crippen LogP contribution in [0.4, 0.5) is 11.4 Å². The van der Waals surface area contributed by atoms with Crippen molar-refractivity contribution in [3.8, 4) is 5.75 Å². The lowest BCUT2D eigenvalue weighted by Crippen LogP contribution is -2.28. The van der Waals surface area contributed by atoms with Gasteiger partial charge in [-0.05, 0) is 49.4 Å². The van der Waals surface area contributed by atoms with Gasteiger partial charge in [0.1, 0.15) is 5.75 Å². The second kappa shape index (κ2) is 8.23. The number of hydrogen-bond acceptors (Lipinski definition) is 4. The zero-order chi connectivity index (χ0) is 18.5. The lowest BCUT2D eigenvalue weighted by atomic mass is 10.1. The summed E-state index contributed by atoms with van der Waals surface area (Å²) in [5.74, 6) is 0.904. The quantitative estimate of drug-likeness (QED) is 0.695. The van der Waals surface area contributed by atoms with Gasteiger partial charge in [0.2, 0.25) is 5.91 Å². The number of amides is 1. The minimum absolute atomic E-state index is 0.0351. The van der Waals surface area contributed by atoms with Crippen molar-refractivity contribution in [1.29, 1.82) is 0 Å². The fraction of sp³-hybridized carbons (Fsp3) is 0.381. The summed E-state index contributed by atoms with van der Waals surface area (Å²) in [6.07, 6.45) is 2.75. The molecule has 5 nitrogen and oxygen atoms in total. The van der Waals surface area contributed by atoms with Gasteiger partial charge in [0.25, 0.3) is 0 Å². The monoisotopic (exact) mass is 353 g/mol. The van der Waals surface area contributed by atoms with Gasteiger partial charge in [-0.2, -0.15) is 0 Å². The van der Waals surface area contributed by atoms with Crippen LogP contribution in [0.1, 0.15) is 30.4 Å². The highest BCUT2D eigenvalue weighted by Crippen LogP contribution is 2.28. The summed E-state index contributed by atoms with van der Waals surface area (Å²) in [6, 6.07) is 14.0. The molecule has 1 amide bonds. The summed E-state index contributed by atoms with van der Waals surface area (Å²) in [6.45, 7) is 2.72. The number of aryl methyl sites for hydroxylation is 1. The van der Waals surface area contributed by atoms with Gasteiger partial charge in [-0.3, -0.25) is 4.79 Å². The highest BCUT2D eigenvalue weighted by Gasteiger charge is 2.29. The zero-order valence-electron chi connectivity index (χ0n) is 15.4. The number of nitrogen functional groups attached to an aromatic ring is 1. The first-order valence-corrected chi connectivity index (χ1v) is 9.09. The molecule has 0 aromatic heterocycles. The summed E-state index contributed by atoms with van der Waals surface area (Å²) < 4.78 is 5.32. The van der Waals surface area contributed by atoms with Gasteiger partial charge in [0, 0.05) is 35.9 Å². The molecule has 0 saturated heterocycles. The molecular formula is C21H27N3O2. The van der Waals surface area contributed by atoms with Gasteiger partial charge in [-0.1, -0.05) is 24.3 Å². The van der Waals surface area contributed by atoms with E-state index in [2.05, 4.69) is 10.6 Å². The Morgan fingerprint density at radius 2 is 2.04 bits per heavy atom. The van der Waals surface area contributed by atoms with Crippen molar-refractivity contribution in [1.82, 2.24) is 5.32 Å². The first-order chi connectivity index (χ1) is 12.6. The molecule has 1 aliphatic rings. The predicted octanol–water partition coefficient (Wildman–Crippen LogP) is 3.48. The standard InChI is InChI=1S/C21H27N3O2/c1-14-7-9-18(12-20(14)26-2)24-21(25)15-8-10-17(11-15)23-13-16-5-3-4-6-19(16)22/h3-7,9,12,15,17,23H,8,10-11,13,22H2,1-2H3,(H,24,25)/t15-,17+/m1/s1. The van der Waals surface area contributed by atoms with E-state index >= 15 is 0 Å². The topological polar surface area (TPSA) is 76.4 Å². The third-order valence-electron chi connectivity index (χ3n) is 5.12. The summed E-state index contributed by atoms with van der Waals surface area (Å²) in [7, 11) is 1.64. The molecule has 2 aromatic carbocycles. The molecule has 1 saturated carbocycles. The summed E-state index contributed by atoms with van der Waals surface area (Å²) in [5, 5.41) is 6.56. The maximum Gasteiger partial charge on any atom is 0.227 e. The molecule has 26 heavy (non-hydrogen) atoms. The van der Waals surface area contributed by atoms with Crippen LogP contribution in [0.3, 0.4) is 0 Å². The number of benzene rings is 2. The Balaban J connectivity index is 1.52. The first kappa shape index (κ1) is 18.3. The molecule has 0 bridgehead atoms. The van der Waals surface area contributed by atoms with E-state index in [1.54, 1.807) is 7.11 Å². The lowest BCUT2D eigenvalue weighted by molar-refractivity contribution is -0.119. The van der Waals surface area contributed by atoms with Crippen molar-refractivity contribution in [2.24, 2.45) is 5.92 Å². The van der Waals surface area contributed by atoms with E-state index in [0.717, 1.165) is 54.1 Å². The smallest absolute Gasteiger partial charge is 0.227 e. The molecule has 0 unspecified atom stereocenters. The molecule has 0 heterocycles. The lowest BCUT2D eigenvalue weighted by Gasteiger charge is -2.15. The number of para-hydroxylation sites is 1. The van der Waals surface area contributed by atoms with Crippen molar-refractivity contribution in [2.75, 3.05) is 18.2 Å². The summed E-state index contributed by atoms with van der Waals surface area (Å²) in [4.78, 5) is 12.6. The van der Waals surface area contributed by atoms with Crippen LogP contribution in [-0.2, 0) is 11.3 Å². The van der Waals surface area contributed by atoms with Crippen LogP contribution in [0.15, 0.2) is 42.5 Å². The molecule has 4 N–H and O–H groups in total. The molecule has 0 spiro atoms. The van der Waals surface area contributed by atoms with Gasteiger partial charge in [0.15, 0.2) is 0 Å². The Morgan fingerprint density at radius 1 is 1.23 bits per heavy atom. The van der Waals surface area contributed by atoms with Gasteiger partial charge in [-0.15, -0.1) is 0 Å². The van der Waals surface area contributed by atoms with Gasteiger partial charge in [-0.25, -0.2) is 0 Å². The molecular weight excluding hydrogens is 326 g/mol. The van der Waals surface area contributed by atoms with Crippen molar-refractivity contribution in [3.63, 3.8) is 0 Å². The number of methoxy groups -OCH3 is 1. The number of hydrogen-bond donors (Lipinski definition) is 3. The highest BCUT2D eigenvalue weighted by atomic mass is 16.5. The Bertz CT molecular complexity index is 776. The Kier molecular flexibility index (Phi) is 5.78. The maximum absolute atomic E-state index is 12.6. The Labute approximate surface area is 154 Å². The summed E-state index contributed by atoms with van der Waals surface area (Å²) in [5.41, 5.74) is 9.73. The molecule has 138 valence electrons. The van der Waals surface area contributed by atoms with Crippen LogP contribution < -0.4 is 21.1 Å². The normalized spacial score (nSPS) is 19.3. The number of rotatable bonds is 6. The van der Waals surface area contributed by atoms with Crippen LogP contribution in [0.5, 0.6) is 5.75 Å². The van der Waals surface area contributed by atoms with Gasteiger partial charge >= 0.3 is 0 Å². The number of anilines is 2. The number of carbonyl (C=O) groups excluding carboxylic acids is 1. The fourth-order valence-corrected chi connectivity index (χ4v) is 3.50. The minimum Gasteiger partial charge on any atom is -0.496 e. The third-order valence-corrected chi connectivity index (χ3v) is 5.12. The van der Waals surface area contributed by atoms with Crippen LogP contribution in [0.25, 0.3) is 0 Å². The van der Waals surface area contributed by atoms with Crippen LogP contribution in [-0.4, -0.2) is 19.1 Å². The van der Waals surface area contributed by atoms with Crippen LogP contribution in [0.2, 0.25) is 0 Å². The highest BCUT2D eigenvalue weighted by molar-refractivity contribution is 5.93. The fourth-order valence-electron chi connectivity index (χ4n) is 3.50. The van der Waals surface area contributed by atoms with Crippen LogP contribution >= 0.6 is 0 Å². The second-order valence-corrected chi connectivity index (χ2v) is 6.96. The number of carbonyl (C=O) groups is 1. The molecule has 5 heteroatoms. The zero-order valence-corrected chi connectivity index (χ0v) is 15.4. The Morgan fingerprint density at radius 3 is 2.81 bits per heavy atom. The predicted molar refractivity (Wildman–Crippen MR) is 105 cm³/mol. The first-order valence-electron chi connectivity index (χ1n) is 9.09. The second-order valence-electron chi connectivity index (χ2n) is 6.96. The minimum atomic E-state index is 0.0351. The number of nitrogens with two attached hydrogens (primary N) is 1. The molecule has 0 aliphatic heterocycles. The average Bonchev–Trinajstić information content (AvgIpc) is 3.12. The number of nitrogens with one attached hydrogen (secondary N) is 2. The van der Waals surface area contributed by atoms with Crippen molar-refractivity contribution >= 4 is 17.3 Å². The van der Waals surface area contributed by atoms with E-state index in [0.29, 0.717) is 6.04 Å². The van der Waals surface area contributed by atoms with Crippen molar-refractivity contribution < 1.29 is 9.53 Å². The van der Waals surface area contributed by atoms with Crippen molar-refractivity contribution in [2.45, 2.75) is 38.8 Å². The Hall–Kier alpha value is -2.53. The molecule has 2 aromatic rings. The van der Waals surface area contributed by atoms with E-state index in [1.165, 1.54) is 0 Å². The van der Waals surface area contributed by atoms with Gasteiger partial charge in [0.05, 0.1) is 7.11 Å². The molecule has 2 atom stereocenters. The van der Waals surface area contributed by atoms with E-state index in [-0.39, 0.29) is 11.8 Å². The van der Waals surface area contributed by atoms with Gasteiger partial charge < -0.3 is 21.1 Å². The van der Waals surface area contributed by atoms with E-state index in [4.69, 9.17) is 10.5 Å². The SMILES string of the molecule is COc1cc(NC(=O)[C@@H]2CC[C@H](NCc3ccccc3N)C2)ccc1C. The number of ether oxygens (including phenoxy) is 1. The van der Waals surface area contributed by atoms with E-state index < -0.39 is 0 Å². The molecule has 3 rings (SSSR count). The summed E-state index contributed by atoms with van der Waals surface area (Å²) >= 11 is 0. The van der Waals surface area contributed by atoms with E-state index in [1.807, 2.05) is 49.4 Å². The van der Waals surface area contributed by atoms with E-state index in [9.17, 15) is 4.79 Å². The largest absolute Gasteiger partial charge is 0.496 e.